The van der Waals surface area contributed by atoms with Gasteiger partial charge in [0.25, 0.3) is 0 Å². The average Bonchev–Trinajstić information content (AvgIpc) is 3.10. The molecule has 2 aromatic carbocycles. The van der Waals surface area contributed by atoms with Gasteiger partial charge in [-0.15, -0.1) is 0 Å². The Morgan fingerprint density at radius 2 is 1.50 bits per heavy atom. The average molecular weight is 384 g/mol. The van der Waals surface area contributed by atoms with Gasteiger partial charge in [-0.1, -0.05) is 18.2 Å². The third kappa shape index (κ3) is 3.09. The molecule has 0 saturated heterocycles. The smallest absolute Gasteiger partial charge is 0.357 e. The number of phenols is 3. The molecule has 0 bridgehead atoms. The quantitative estimate of drug-likeness (QED) is 0.355. The monoisotopic (exact) mass is 384 g/mol. The molecule has 0 aliphatic carbocycles. The van der Waals surface area contributed by atoms with E-state index in [1.165, 1.54) is 4.68 Å². The Hall–Kier alpha value is -4.01. The molecule has 0 atom stereocenters. The van der Waals surface area contributed by atoms with E-state index in [2.05, 4.69) is 5.10 Å². The number of nitrogens with zero attached hydrogens (tertiary/aromatic N) is 2. The van der Waals surface area contributed by atoms with Crippen LogP contribution in [-0.2, 0) is 9.47 Å². The largest absolute Gasteiger partial charge is 0.507 e. The molecule has 9 heteroatoms. The molecule has 0 spiro atoms. The molecular weight excluding hydrogens is 368 g/mol. The highest BCUT2D eigenvalue weighted by Gasteiger charge is 2.32. The summed E-state index contributed by atoms with van der Waals surface area (Å²) in [5.74, 6) is -3.32. The minimum absolute atomic E-state index is 0.0875. The van der Waals surface area contributed by atoms with Gasteiger partial charge in [0.05, 0.1) is 19.9 Å². The fourth-order valence-electron chi connectivity index (χ4n) is 2.70. The van der Waals surface area contributed by atoms with Crippen LogP contribution in [0.15, 0.2) is 42.5 Å². The first-order valence-corrected chi connectivity index (χ1v) is 7.99. The van der Waals surface area contributed by atoms with Crippen molar-refractivity contribution >= 4 is 11.9 Å². The van der Waals surface area contributed by atoms with E-state index >= 15 is 0 Å². The lowest BCUT2D eigenvalue weighted by Crippen LogP contribution is -2.15. The van der Waals surface area contributed by atoms with Crippen LogP contribution < -0.4 is 0 Å². The maximum atomic E-state index is 12.5. The van der Waals surface area contributed by atoms with Crippen LogP contribution in [0.5, 0.6) is 17.2 Å². The summed E-state index contributed by atoms with van der Waals surface area (Å²) < 4.78 is 10.8. The highest BCUT2D eigenvalue weighted by molar-refractivity contribution is 6.07. The molecule has 144 valence electrons. The molecule has 9 nitrogen and oxygen atoms in total. The van der Waals surface area contributed by atoms with E-state index in [-0.39, 0.29) is 22.5 Å². The molecule has 0 unspecified atom stereocenters. The second-order valence-electron chi connectivity index (χ2n) is 5.66. The van der Waals surface area contributed by atoms with E-state index < -0.39 is 29.2 Å². The van der Waals surface area contributed by atoms with Crippen molar-refractivity contribution in [3.8, 4) is 34.2 Å². The topological polar surface area (TPSA) is 131 Å². The molecule has 3 rings (SSSR count). The van der Waals surface area contributed by atoms with Crippen molar-refractivity contribution in [3.05, 3.63) is 53.7 Å². The Morgan fingerprint density at radius 3 is 2.11 bits per heavy atom. The van der Waals surface area contributed by atoms with Crippen molar-refractivity contribution in [1.29, 1.82) is 0 Å². The van der Waals surface area contributed by atoms with Gasteiger partial charge in [0.15, 0.2) is 17.2 Å². The molecule has 0 amide bonds. The van der Waals surface area contributed by atoms with Crippen molar-refractivity contribution in [3.63, 3.8) is 0 Å². The Balaban J connectivity index is 2.40. The maximum Gasteiger partial charge on any atom is 0.357 e. The zero-order valence-corrected chi connectivity index (χ0v) is 14.9. The number of rotatable bonds is 4. The number of benzene rings is 2. The van der Waals surface area contributed by atoms with Crippen LogP contribution in [0.25, 0.3) is 16.9 Å². The van der Waals surface area contributed by atoms with Gasteiger partial charge < -0.3 is 24.8 Å². The summed E-state index contributed by atoms with van der Waals surface area (Å²) in [7, 11) is 2.27. The first kappa shape index (κ1) is 18.8. The van der Waals surface area contributed by atoms with E-state index in [0.717, 1.165) is 26.4 Å². The SMILES string of the molecule is COC(=O)c1c(-c2cc(O)c(O)cc2O)nn(-c2ccccc2)c1C(=O)OC. The van der Waals surface area contributed by atoms with Gasteiger partial charge >= 0.3 is 11.9 Å². The Morgan fingerprint density at radius 1 is 0.893 bits per heavy atom. The van der Waals surface area contributed by atoms with Crippen LogP contribution in [0.3, 0.4) is 0 Å². The van der Waals surface area contributed by atoms with Crippen molar-refractivity contribution in [2.45, 2.75) is 0 Å². The molecule has 0 saturated carbocycles. The van der Waals surface area contributed by atoms with Crippen LogP contribution in [0.1, 0.15) is 20.8 Å². The Labute approximate surface area is 159 Å². The predicted molar refractivity (Wildman–Crippen MR) is 96.7 cm³/mol. The number of carbonyl (C=O) groups is 2. The predicted octanol–water partition coefficient (Wildman–Crippen LogP) is 2.23. The van der Waals surface area contributed by atoms with Crippen molar-refractivity contribution in [1.82, 2.24) is 9.78 Å². The Kier molecular flexibility index (Phi) is 4.90. The number of esters is 2. The van der Waals surface area contributed by atoms with Crippen LogP contribution in [0.4, 0.5) is 0 Å². The fraction of sp³-hybridized carbons (Fsp3) is 0.105. The van der Waals surface area contributed by atoms with Crippen molar-refractivity contribution < 1.29 is 34.4 Å². The minimum atomic E-state index is -0.899. The van der Waals surface area contributed by atoms with Crippen LogP contribution in [0.2, 0.25) is 0 Å². The summed E-state index contributed by atoms with van der Waals surface area (Å²) in [5.41, 5.74) is -0.262. The molecule has 0 fully saturated rings. The first-order chi connectivity index (χ1) is 13.4. The first-order valence-electron chi connectivity index (χ1n) is 7.99. The number of ether oxygens (including phenoxy) is 2. The molecule has 3 aromatic rings. The van der Waals surface area contributed by atoms with E-state index in [1.807, 2.05) is 0 Å². The van der Waals surface area contributed by atoms with E-state index in [9.17, 15) is 24.9 Å². The van der Waals surface area contributed by atoms with Crippen molar-refractivity contribution in [2.24, 2.45) is 0 Å². The number of hydrogen-bond acceptors (Lipinski definition) is 8. The molecule has 0 aliphatic heterocycles. The molecule has 0 aliphatic rings. The maximum absolute atomic E-state index is 12.5. The highest BCUT2D eigenvalue weighted by atomic mass is 16.5. The molecule has 1 heterocycles. The number of methoxy groups -OCH3 is 2. The Bertz CT molecular complexity index is 1060. The summed E-state index contributed by atoms with van der Waals surface area (Å²) in [6.07, 6.45) is 0. The molecule has 1 aromatic heterocycles. The summed E-state index contributed by atoms with van der Waals surface area (Å²) in [6, 6.07) is 10.4. The van der Waals surface area contributed by atoms with Gasteiger partial charge in [-0.05, 0) is 18.2 Å². The standard InChI is InChI=1S/C19H16N2O7/c1-27-18(25)15-16(11-8-13(23)14(24)9-12(11)22)20-21(17(15)19(26)28-2)10-6-4-3-5-7-10/h3-9,22-24H,1-2H3. The van der Waals surface area contributed by atoms with Gasteiger partial charge in [0, 0.05) is 11.6 Å². The second kappa shape index (κ2) is 7.31. The summed E-state index contributed by atoms with van der Waals surface area (Å²) in [4.78, 5) is 24.9. The minimum Gasteiger partial charge on any atom is -0.507 e. The van der Waals surface area contributed by atoms with Crippen LogP contribution in [-0.4, -0.2) is 51.3 Å². The molecule has 0 radical (unpaired) electrons. The summed E-state index contributed by atoms with van der Waals surface area (Å²) in [6.45, 7) is 0. The van der Waals surface area contributed by atoms with Gasteiger partial charge in [-0.3, -0.25) is 0 Å². The highest BCUT2D eigenvalue weighted by Crippen LogP contribution is 2.40. The zero-order chi connectivity index (χ0) is 20.4. The second-order valence-corrected chi connectivity index (χ2v) is 5.66. The normalized spacial score (nSPS) is 10.5. The zero-order valence-electron chi connectivity index (χ0n) is 14.9. The number of carbonyl (C=O) groups excluding carboxylic acids is 2. The van der Waals surface area contributed by atoms with E-state index in [0.29, 0.717) is 5.69 Å². The van der Waals surface area contributed by atoms with Crippen LogP contribution in [0, 0.1) is 0 Å². The molecular formula is C19H16N2O7. The van der Waals surface area contributed by atoms with Crippen molar-refractivity contribution in [2.75, 3.05) is 14.2 Å². The lowest BCUT2D eigenvalue weighted by Gasteiger charge is -2.07. The van der Waals surface area contributed by atoms with Gasteiger partial charge in [-0.25, -0.2) is 14.3 Å². The number of aromatic hydroxyl groups is 3. The number of hydrogen-bond donors (Lipinski definition) is 3. The van der Waals surface area contributed by atoms with Gasteiger partial charge in [0.2, 0.25) is 0 Å². The van der Waals surface area contributed by atoms with Gasteiger partial charge in [0.1, 0.15) is 17.0 Å². The van der Waals surface area contributed by atoms with E-state index in [1.54, 1.807) is 30.3 Å². The third-order valence-corrected chi connectivity index (χ3v) is 4.00. The third-order valence-electron chi connectivity index (χ3n) is 4.00. The summed E-state index contributed by atoms with van der Waals surface area (Å²) >= 11 is 0. The van der Waals surface area contributed by atoms with Crippen LogP contribution >= 0.6 is 0 Å². The fourth-order valence-corrected chi connectivity index (χ4v) is 2.70. The molecule has 28 heavy (non-hydrogen) atoms. The molecule has 3 N–H and O–H groups in total. The lowest BCUT2D eigenvalue weighted by atomic mass is 10.0. The number of phenolic OH excluding ortho intramolecular Hbond substituents is 3. The lowest BCUT2D eigenvalue weighted by molar-refractivity contribution is 0.0549. The number of para-hydroxylation sites is 1. The van der Waals surface area contributed by atoms with Gasteiger partial charge in [-0.2, -0.15) is 5.10 Å². The van der Waals surface area contributed by atoms with E-state index in [4.69, 9.17) is 9.47 Å². The number of aromatic nitrogens is 2. The summed E-state index contributed by atoms with van der Waals surface area (Å²) in [5, 5.41) is 33.9.